The predicted molar refractivity (Wildman–Crippen MR) is 96.1 cm³/mol. The maximum Gasteiger partial charge on any atom is 0.416 e. The molecule has 0 bridgehead atoms. The summed E-state index contributed by atoms with van der Waals surface area (Å²) in [5.41, 5.74) is -0.200. The third-order valence-corrected chi connectivity index (χ3v) is 4.81. The van der Waals surface area contributed by atoms with E-state index >= 15 is 0 Å². The summed E-state index contributed by atoms with van der Waals surface area (Å²) >= 11 is 0. The highest BCUT2D eigenvalue weighted by Gasteiger charge is 2.32. The Morgan fingerprint density at radius 3 is 2.57 bits per heavy atom. The standard InChI is InChI=1S/C20H23F3N2O3/c1-11(2)17-12(3)25(10-13-5-6-13)19(28-17)24-18(26)15-9-14(20(21,22)23)7-8-16(15)27-4/h7-9,11,13H,5-6,10H2,1-4H3/b24-19-. The van der Waals surface area contributed by atoms with E-state index in [1.165, 1.54) is 7.11 Å². The molecule has 1 heterocycles. The number of aromatic nitrogens is 1. The molecule has 0 aliphatic heterocycles. The van der Waals surface area contributed by atoms with Crippen molar-refractivity contribution in [2.45, 2.75) is 52.3 Å². The van der Waals surface area contributed by atoms with Crippen LogP contribution in [0.5, 0.6) is 5.75 Å². The smallest absolute Gasteiger partial charge is 0.416 e. The van der Waals surface area contributed by atoms with Gasteiger partial charge in [-0.25, -0.2) is 0 Å². The van der Waals surface area contributed by atoms with Crippen LogP contribution in [0.3, 0.4) is 0 Å². The normalized spacial score (nSPS) is 15.4. The van der Waals surface area contributed by atoms with Crippen molar-refractivity contribution < 1.29 is 27.1 Å². The van der Waals surface area contributed by atoms with E-state index < -0.39 is 17.6 Å². The van der Waals surface area contributed by atoms with Gasteiger partial charge >= 0.3 is 11.9 Å². The Hall–Kier alpha value is -2.51. The molecule has 5 nitrogen and oxygen atoms in total. The number of amides is 1. The van der Waals surface area contributed by atoms with Gasteiger partial charge in [-0.15, -0.1) is 0 Å². The van der Waals surface area contributed by atoms with Crippen LogP contribution in [0.2, 0.25) is 0 Å². The molecule has 1 aromatic heterocycles. The summed E-state index contributed by atoms with van der Waals surface area (Å²) in [5.74, 6) is 0.503. The molecule has 0 N–H and O–H groups in total. The average molecular weight is 396 g/mol. The minimum absolute atomic E-state index is 0.0304. The molecule has 8 heteroatoms. The van der Waals surface area contributed by atoms with Crippen molar-refractivity contribution in [2.75, 3.05) is 7.11 Å². The number of carbonyl (C=O) groups is 1. The lowest BCUT2D eigenvalue weighted by atomic mass is 10.1. The number of alkyl halides is 3. The van der Waals surface area contributed by atoms with Gasteiger partial charge in [0, 0.05) is 12.5 Å². The molecular formula is C20H23F3N2O3. The SMILES string of the molecule is COc1ccc(C(F)(F)F)cc1C(=O)/N=c1\oc(C(C)C)c(C)n1CC1CC1. The fourth-order valence-corrected chi connectivity index (χ4v) is 3.09. The Morgan fingerprint density at radius 1 is 1.36 bits per heavy atom. The molecule has 28 heavy (non-hydrogen) atoms. The number of hydrogen-bond donors (Lipinski definition) is 0. The van der Waals surface area contributed by atoms with Gasteiger partial charge in [0.15, 0.2) is 0 Å². The molecule has 0 atom stereocenters. The quantitative estimate of drug-likeness (QED) is 0.737. The van der Waals surface area contributed by atoms with Gasteiger partial charge in [0.25, 0.3) is 5.91 Å². The second kappa shape index (κ2) is 7.48. The predicted octanol–water partition coefficient (Wildman–Crippen LogP) is 4.69. The monoisotopic (exact) mass is 396 g/mol. The summed E-state index contributed by atoms with van der Waals surface area (Å²) in [7, 11) is 1.29. The largest absolute Gasteiger partial charge is 0.496 e. The zero-order valence-corrected chi connectivity index (χ0v) is 16.3. The van der Waals surface area contributed by atoms with Crippen LogP contribution in [0.4, 0.5) is 13.2 Å². The number of halogens is 3. The average Bonchev–Trinajstić information content (AvgIpc) is 3.39. The lowest BCUT2D eigenvalue weighted by molar-refractivity contribution is -0.137. The Morgan fingerprint density at radius 2 is 2.04 bits per heavy atom. The van der Waals surface area contributed by atoms with E-state index in [1.54, 1.807) is 0 Å². The number of rotatable bonds is 5. The van der Waals surface area contributed by atoms with Gasteiger partial charge in [0.2, 0.25) is 0 Å². The topological polar surface area (TPSA) is 56.7 Å². The molecule has 3 rings (SSSR count). The molecule has 0 unspecified atom stereocenters. The van der Waals surface area contributed by atoms with Crippen molar-refractivity contribution in [1.82, 2.24) is 4.57 Å². The highest BCUT2D eigenvalue weighted by molar-refractivity contribution is 5.97. The third-order valence-electron chi connectivity index (χ3n) is 4.81. The summed E-state index contributed by atoms with van der Waals surface area (Å²) in [6.45, 7) is 6.51. The maximum atomic E-state index is 13.0. The van der Waals surface area contributed by atoms with E-state index in [0.29, 0.717) is 18.2 Å². The van der Waals surface area contributed by atoms with Gasteiger partial charge in [-0.05, 0) is 43.9 Å². The maximum absolute atomic E-state index is 13.0. The summed E-state index contributed by atoms with van der Waals surface area (Å²) in [5, 5.41) is 0. The van der Waals surface area contributed by atoms with E-state index in [9.17, 15) is 18.0 Å². The van der Waals surface area contributed by atoms with Crippen LogP contribution >= 0.6 is 0 Å². The number of hydrogen-bond acceptors (Lipinski definition) is 3. The third kappa shape index (κ3) is 4.15. The summed E-state index contributed by atoms with van der Waals surface area (Å²) in [6, 6.07) is 2.75. The Kier molecular flexibility index (Phi) is 5.41. The number of benzene rings is 1. The number of methoxy groups -OCH3 is 1. The lowest BCUT2D eigenvalue weighted by Crippen LogP contribution is -2.21. The number of carbonyl (C=O) groups excluding carboxylic acids is 1. The minimum atomic E-state index is -4.57. The minimum Gasteiger partial charge on any atom is -0.496 e. The lowest BCUT2D eigenvalue weighted by Gasteiger charge is -2.10. The first kappa shape index (κ1) is 20.2. The first-order chi connectivity index (χ1) is 13.1. The van der Waals surface area contributed by atoms with Crippen LogP contribution in [0, 0.1) is 12.8 Å². The molecule has 2 aromatic rings. The van der Waals surface area contributed by atoms with E-state index in [4.69, 9.17) is 9.15 Å². The van der Waals surface area contributed by atoms with Crippen molar-refractivity contribution in [3.63, 3.8) is 0 Å². The summed E-state index contributed by atoms with van der Waals surface area (Å²) in [6.07, 6.45) is -2.37. The molecule has 1 saturated carbocycles. The van der Waals surface area contributed by atoms with Crippen molar-refractivity contribution in [1.29, 1.82) is 0 Å². The molecule has 1 aliphatic carbocycles. The second-order valence-electron chi connectivity index (χ2n) is 7.37. The van der Waals surface area contributed by atoms with E-state index in [2.05, 4.69) is 4.99 Å². The van der Waals surface area contributed by atoms with Crippen LogP contribution in [-0.4, -0.2) is 17.6 Å². The Labute approximate surface area is 160 Å². The zero-order valence-electron chi connectivity index (χ0n) is 16.3. The van der Waals surface area contributed by atoms with Crippen LogP contribution < -0.4 is 10.4 Å². The molecule has 0 spiro atoms. The van der Waals surface area contributed by atoms with Gasteiger partial charge in [0.1, 0.15) is 11.5 Å². The van der Waals surface area contributed by atoms with Crippen molar-refractivity contribution in [2.24, 2.45) is 10.9 Å². The van der Waals surface area contributed by atoms with Gasteiger partial charge in [-0.1, -0.05) is 13.8 Å². The first-order valence-corrected chi connectivity index (χ1v) is 9.16. The summed E-state index contributed by atoms with van der Waals surface area (Å²) in [4.78, 5) is 16.7. The van der Waals surface area contributed by atoms with Gasteiger partial charge in [-0.3, -0.25) is 9.36 Å². The van der Waals surface area contributed by atoms with Crippen molar-refractivity contribution in [3.05, 3.63) is 46.5 Å². The summed E-state index contributed by atoms with van der Waals surface area (Å²) < 4.78 is 51.9. The highest BCUT2D eigenvalue weighted by Crippen LogP contribution is 2.33. The highest BCUT2D eigenvalue weighted by atomic mass is 19.4. The van der Waals surface area contributed by atoms with Crippen LogP contribution in [-0.2, 0) is 12.7 Å². The Balaban J connectivity index is 2.08. The molecule has 152 valence electrons. The molecule has 1 fully saturated rings. The van der Waals surface area contributed by atoms with Crippen LogP contribution in [0.1, 0.15) is 60.0 Å². The second-order valence-corrected chi connectivity index (χ2v) is 7.37. The zero-order chi connectivity index (χ0) is 20.6. The fraction of sp³-hybridized carbons (Fsp3) is 0.500. The Bertz CT molecular complexity index is 951. The van der Waals surface area contributed by atoms with Crippen LogP contribution in [0.25, 0.3) is 0 Å². The van der Waals surface area contributed by atoms with Crippen molar-refractivity contribution >= 4 is 5.91 Å². The van der Waals surface area contributed by atoms with Gasteiger partial charge in [0.05, 0.1) is 23.9 Å². The number of nitrogens with zero attached hydrogens (tertiary/aromatic N) is 2. The molecule has 0 saturated heterocycles. The molecule has 1 aliphatic rings. The van der Waals surface area contributed by atoms with Crippen molar-refractivity contribution in [3.8, 4) is 5.75 Å². The van der Waals surface area contributed by atoms with Gasteiger partial charge in [-0.2, -0.15) is 18.2 Å². The van der Waals surface area contributed by atoms with E-state index in [1.807, 2.05) is 25.3 Å². The molecule has 0 radical (unpaired) electrons. The van der Waals surface area contributed by atoms with Crippen LogP contribution in [0.15, 0.2) is 27.6 Å². The number of oxazole rings is 1. The van der Waals surface area contributed by atoms with E-state index in [-0.39, 0.29) is 22.9 Å². The molecule has 1 amide bonds. The van der Waals surface area contributed by atoms with E-state index in [0.717, 1.165) is 36.7 Å². The first-order valence-electron chi connectivity index (χ1n) is 9.16. The molecular weight excluding hydrogens is 373 g/mol. The fourth-order valence-electron chi connectivity index (χ4n) is 3.09. The van der Waals surface area contributed by atoms with Gasteiger partial charge < -0.3 is 9.15 Å². The molecule has 1 aromatic carbocycles. The number of ether oxygens (including phenoxy) is 1.